The van der Waals surface area contributed by atoms with E-state index in [4.69, 9.17) is 0 Å². The zero-order valence-electron chi connectivity index (χ0n) is 30.6. The van der Waals surface area contributed by atoms with Gasteiger partial charge in [0.2, 0.25) is 0 Å². The predicted octanol–water partition coefficient (Wildman–Crippen LogP) is 1.52. The third-order valence-electron chi connectivity index (χ3n) is 10.1. The smallest absolute Gasteiger partial charge is 0.261 e. The Morgan fingerprint density at radius 3 is 1.28 bits per heavy atom. The number of aryl methyl sites for hydroxylation is 2. The maximum Gasteiger partial charge on any atom is 0.261 e. The second-order valence-electron chi connectivity index (χ2n) is 14.0. The third-order valence-corrected chi connectivity index (χ3v) is 10.1. The number of imide groups is 2. The van der Waals surface area contributed by atoms with Gasteiger partial charge in [0, 0.05) is 77.8 Å². The molecule has 5 heterocycles. The van der Waals surface area contributed by atoms with Crippen molar-refractivity contribution >= 4 is 23.6 Å². The number of fused-ring (bicyclic) bond motifs is 2. The van der Waals surface area contributed by atoms with Crippen molar-refractivity contribution in [3.8, 4) is 0 Å². The van der Waals surface area contributed by atoms with Gasteiger partial charge in [-0.25, -0.2) is 0 Å². The summed E-state index contributed by atoms with van der Waals surface area (Å²) in [6, 6.07) is 13.9. The molecule has 0 unspecified atom stereocenters. The van der Waals surface area contributed by atoms with E-state index in [9.17, 15) is 19.2 Å². The van der Waals surface area contributed by atoms with Crippen LogP contribution in [0.2, 0.25) is 0 Å². The fourth-order valence-electron chi connectivity index (χ4n) is 7.28. The summed E-state index contributed by atoms with van der Waals surface area (Å²) in [5, 5.41) is 24.7. The number of hydrogen-bond donors (Lipinski definition) is 2. The van der Waals surface area contributed by atoms with Gasteiger partial charge in [-0.2, -0.15) is 0 Å². The Morgan fingerprint density at radius 1 is 0.500 bits per heavy atom. The molecule has 0 radical (unpaired) electrons. The Labute approximate surface area is 314 Å². The van der Waals surface area contributed by atoms with Crippen LogP contribution in [0.25, 0.3) is 0 Å². The summed E-state index contributed by atoms with van der Waals surface area (Å²) < 4.78 is 3.59. The molecule has 2 aromatic carbocycles. The lowest BCUT2D eigenvalue weighted by Gasteiger charge is -2.24. The van der Waals surface area contributed by atoms with Crippen molar-refractivity contribution in [1.82, 2.24) is 60.2 Å². The SMILES string of the molecule is O=C1c2ccccc2C(=O)N1CCCn1cc(CN2CCCNCCN(Cc3cn(CCCN4C(=O)c5ccccc5C4=O)nn3)CCCNCC2)nn1. The topological polar surface area (TPSA) is 167 Å². The highest BCUT2D eigenvalue weighted by molar-refractivity contribution is 6.22. The Balaban J connectivity index is 0.806. The zero-order valence-corrected chi connectivity index (χ0v) is 30.6. The van der Waals surface area contributed by atoms with Gasteiger partial charge in [-0.05, 0) is 76.1 Å². The van der Waals surface area contributed by atoms with Crippen molar-refractivity contribution in [2.75, 3.05) is 65.4 Å². The number of hydrogen-bond acceptors (Lipinski definition) is 12. The van der Waals surface area contributed by atoms with Crippen molar-refractivity contribution in [3.05, 3.63) is 94.6 Å². The maximum absolute atomic E-state index is 12.7. The van der Waals surface area contributed by atoms with Crippen LogP contribution < -0.4 is 10.6 Å². The quantitative estimate of drug-likeness (QED) is 0.202. The lowest BCUT2D eigenvalue weighted by molar-refractivity contribution is 0.0634. The molecule has 284 valence electrons. The molecule has 16 heteroatoms. The van der Waals surface area contributed by atoms with Gasteiger partial charge < -0.3 is 10.6 Å². The molecular weight excluding hydrogens is 688 g/mol. The summed E-state index contributed by atoms with van der Waals surface area (Å²) in [6.45, 7) is 10.5. The molecular formula is C38H48N12O4. The summed E-state index contributed by atoms with van der Waals surface area (Å²) in [4.78, 5) is 58.1. The van der Waals surface area contributed by atoms with Crippen LogP contribution in [0.5, 0.6) is 0 Å². The fraction of sp³-hybridized carbons (Fsp3) is 0.474. The minimum Gasteiger partial charge on any atom is -0.315 e. The molecule has 0 spiro atoms. The van der Waals surface area contributed by atoms with Crippen molar-refractivity contribution in [2.24, 2.45) is 0 Å². The highest BCUT2D eigenvalue weighted by atomic mass is 16.2. The van der Waals surface area contributed by atoms with E-state index in [1.807, 2.05) is 12.4 Å². The number of nitrogens with zero attached hydrogens (tertiary/aromatic N) is 10. The molecule has 0 saturated carbocycles. The summed E-state index contributed by atoms with van der Waals surface area (Å²) >= 11 is 0. The van der Waals surface area contributed by atoms with Crippen molar-refractivity contribution in [1.29, 1.82) is 0 Å². The van der Waals surface area contributed by atoms with Gasteiger partial charge in [-0.3, -0.25) is 48.1 Å². The van der Waals surface area contributed by atoms with Crippen LogP contribution >= 0.6 is 0 Å². The van der Waals surface area contributed by atoms with E-state index in [1.165, 1.54) is 9.80 Å². The molecule has 4 amide bonds. The third kappa shape index (κ3) is 8.95. The summed E-state index contributed by atoms with van der Waals surface area (Å²) in [6.07, 6.45) is 7.14. The van der Waals surface area contributed by atoms with Gasteiger partial charge in [0.25, 0.3) is 23.6 Å². The van der Waals surface area contributed by atoms with Gasteiger partial charge in [0.05, 0.1) is 33.6 Å². The van der Waals surface area contributed by atoms with E-state index in [1.54, 1.807) is 57.9 Å². The van der Waals surface area contributed by atoms with Crippen LogP contribution in [0.4, 0.5) is 0 Å². The molecule has 7 rings (SSSR count). The van der Waals surface area contributed by atoms with E-state index < -0.39 is 0 Å². The summed E-state index contributed by atoms with van der Waals surface area (Å²) in [5.41, 5.74) is 3.70. The Morgan fingerprint density at radius 2 is 0.889 bits per heavy atom. The highest BCUT2D eigenvalue weighted by Crippen LogP contribution is 2.23. The average Bonchev–Trinajstić information content (AvgIpc) is 3.94. The zero-order chi connectivity index (χ0) is 37.3. The minimum atomic E-state index is -0.229. The van der Waals surface area contributed by atoms with Crippen LogP contribution in [0.1, 0.15) is 78.5 Å². The maximum atomic E-state index is 12.7. The Hall–Kier alpha value is -5.16. The van der Waals surface area contributed by atoms with Crippen LogP contribution in [0.15, 0.2) is 60.9 Å². The molecule has 54 heavy (non-hydrogen) atoms. The number of rotatable bonds is 12. The first-order chi connectivity index (χ1) is 26.4. The lowest BCUT2D eigenvalue weighted by Crippen LogP contribution is -2.38. The monoisotopic (exact) mass is 736 g/mol. The van der Waals surface area contributed by atoms with Gasteiger partial charge in [0.1, 0.15) is 0 Å². The summed E-state index contributed by atoms with van der Waals surface area (Å²) in [5.74, 6) is -0.916. The minimum absolute atomic E-state index is 0.229. The first kappa shape index (κ1) is 37.2. The number of carbonyl (C=O) groups is 4. The van der Waals surface area contributed by atoms with Crippen molar-refractivity contribution < 1.29 is 19.2 Å². The Bertz CT molecular complexity index is 1720. The molecule has 16 nitrogen and oxygen atoms in total. The number of nitrogens with one attached hydrogen (secondary N) is 2. The van der Waals surface area contributed by atoms with E-state index in [0.29, 0.717) is 74.4 Å². The number of amides is 4. The lowest BCUT2D eigenvalue weighted by atomic mass is 10.1. The van der Waals surface area contributed by atoms with Crippen LogP contribution in [-0.4, -0.2) is 139 Å². The molecule has 3 aliphatic rings. The second kappa shape index (κ2) is 17.8. The second-order valence-corrected chi connectivity index (χ2v) is 14.0. The number of benzene rings is 2. The standard InChI is InChI=1S/C38H48N12O4/c51-35-31-9-1-2-10-32(31)36(52)49(35)21-7-19-47-27-29(41-43-47)25-45-17-5-13-40-16-24-46(18-6-14-39-15-23-45)26-30-28-48(44-42-30)20-8-22-50-37(53)33-11-3-4-12-34(33)38(50)54/h1-4,9-12,27-28,39-40H,5-8,13-26H2. The molecule has 1 saturated heterocycles. The highest BCUT2D eigenvalue weighted by Gasteiger charge is 2.35. The van der Waals surface area contributed by atoms with Crippen molar-refractivity contribution in [2.45, 2.75) is 51.9 Å². The first-order valence-corrected chi connectivity index (χ1v) is 19.0. The average molecular weight is 737 g/mol. The largest absolute Gasteiger partial charge is 0.315 e. The van der Waals surface area contributed by atoms with Crippen LogP contribution in [0.3, 0.4) is 0 Å². The van der Waals surface area contributed by atoms with E-state index >= 15 is 0 Å². The molecule has 2 N–H and O–H groups in total. The normalized spacial score (nSPS) is 18.0. The molecule has 0 bridgehead atoms. The van der Waals surface area contributed by atoms with Gasteiger partial charge >= 0.3 is 0 Å². The van der Waals surface area contributed by atoms with E-state index in [2.05, 4.69) is 41.1 Å². The van der Waals surface area contributed by atoms with E-state index in [0.717, 1.165) is 76.6 Å². The van der Waals surface area contributed by atoms with E-state index in [-0.39, 0.29) is 23.6 Å². The van der Waals surface area contributed by atoms with Gasteiger partial charge in [-0.1, -0.05) is 34.7 Å². The first-order valence-electron chi connectivity index (χ1n) is 19.0. The van der Waals surface area contributed by atoms with Gasteiger partial charge in [-0.15, -0.1) is 10.2 Å². The molecule has 0 atom stereocenters. The fourth-order valence-corrected chi connectivity index (χ4v) is 7.28. The van der Waals surface area contributed by atoms with Crippen LogP contribution in [0, 0.1) is 0 Å². The Kier molecular flexibility index (Phi) is 12.2. The number of carbonyl (C=O) groups excluding carboxylic acids is 4. The molecule has 1 fully saturated rings. The molecule has 3 aliphatic heterocycles. The predicted molar refractivity (Wildman–Crippen MR) is 198 cm³/mol. The molecule has 4 aromatic rings. The molecule has 0 aliphatic carbocycles. The molecule has 2 aromatic heterocycles. The number of aromatic nitrogens is 6. The van der Waals surface area contributed by atoms with Gasteiger partial charge in [0.15, 0.2) is 0 Å². The van der Waals surface area contributed by atoms with Crippen molar-refractivity contribution in [3.63, 3.8) is 0 Å². The summed E-state index contributed by atoms with van der Waals surface area (Å²) in [7, 11) is 0. The van der Waals surface area contributed by atoms with Crippen LogP contribution in [-0.2, 0) is 26.2 Å².